The minimum absolute atomic E-state index is 0.0496. The van der Waals surface area contributed by atoms with E-state index in [1.54, 1.807) is 0 Å². The zero-order valence-corrected chi connectivity index (χ0v) is 12.9. The Hall–Kier alpha value is -1.10. The molecule has 0 aliphatic carbocycles. The summed E-state index contributed by atoms with van der Waals surface area (Å²) in [5, 5.41) is 9.83. The highest BCUT2D eigenvalue weighted by Crippen LogP contribution is 2.10. The van der Waals surface area contributed by atoms with E-state index in [0.717, 1.165) is 12.8 Å². The lowest BCUT2D eigenvalue weighted by molar-refractivity contribution is -0.177. The summed E-state index contributed by atoms with van der Waals surface area (Å²) in [6, 6.07) is 0. The van der Waals surface area contributed by atoms with Crippen LogP contribution in [0.5, 0.6) is 0 Å². The third-order valence-corrected chi connectivity index (χ3v) is 3.24. The van der Waals surface area contributed by atoms with E-state index in [9.17, 15) is 9.59 Å². The molecule has 0 bridgehead atoms. The predicted molar refractivity (Wildman–Crippen MR) is 78.2 cm³/mol. The number of nitrogens with zero attached hydrogens (tertiary/aromatic N) is 1. The van der Waals surface area contributed by atoms with Crippen LogP contribution in [0.4, 0.5) is 0 Å². The minimum Gasteiger partial charge on any atom is -0.481 e. The first-order valence-corrected chi connectivity index (χ1v) is 7.68. The van der Waals surface area contributed by atoms with Crippen LogP contribution in [0.1, 0.15) is 71.1 Å². The monoisotopic (exact) mass is 287 g/mol. The Morgan fingerprint density at radius 1 is 0.950 bits per heavy atom. The maximum absolute atomic E-state index is 11.8. The van der Waals surface area contributed by atoms with E-state index in [2.05, 4.69) is 6.92 Å². The third kappa shape index (κ3) is 10.8. The summed E-state index contributed by atoms with van der Waals surface area (Å²) in [6.07, 6.45) is 9.16. The van der Waals surface area contributed by atoms with Crippen LogP contribution in [0.3, 0.4) is 0 Å². The zero-order chi connectivity index (χ0) is 15.2. The predicted octanol–water partition coefficient (Wildman–Crippen LogP) is 3.38. The highest BCUT2D eigenvalue weighted by molar-refractivity contribution is 5.75. The molecule has 1 amide bonds. The number of carbonyl (C=O) groups is 2. The topological polar surface area (TPSA) is 66.8 Å². The standard InChI is InChI=1S/C15H29NO4/c1-3-4-5-6-7-8-9-11-14(17)16(20-2)13-10-12-15(18)19/h3-13H2,1-2H3,(H,18,19). The van der Waals surface area contributed by atoms with Crippen LogP contribution in [0.2, 0.25) is 0 Å². The van der Waals surface area contributed by atoms with Crippen molar-refractivity contribution in [3.63, 3.8) is 0 Å². The van der Waals surface area contributed by atoms with Crippen molar-refractivity contribution in [2.45, 2.75) is 71.1 Å². The molecule has 5 nitrogen and oxygen atoms in total. The van der Waals surface area contributed by atoms with E-state index in [1.165, 1.54) is 44.3 Å². The zero-order valence-electron chi connectivity index (χ0n) is 12.9. The Bertz CT molecular complexity index is 269. The molecular formula is C15H29NO4. The Morgan fingerprint density at radius 2 is 1.55 bits per heavy atom. The van der Waals surface area contributed by atoms with Gasteiger partial charge in [0.05, 0.1) is 7.11 Å². The van der Waals surface area contributed by atoms with Crippen LogP contribution in [-0.4, -0.2) is 35.7 Å². The average Bonchev–Trinajstić information content (AvgIpc) is 2.42. The van der Waals surface area contributed by atoms with Gasteiger partial charge in [-0.2, -0.15) is 0 Å². The highest BCUT2D eigenvalue weighted by Gasteiger charge is 2.12. The summed E-state index contributed by atoms with van der Waals surface area (Å²) in [6.45, 7) is 2.54. The van der Waals surface area contributed by atoms with Crippen LogP contribution in [0.15, 0.2) is 0 Å². The smallest absolute Gasteiger partial charge is 0.303 e. The van der Waals surface area contributed by atoms with Crippen LogP contribution in [0.25, 0.3) is 0 Å². The molecule has 0 radical (unpaired) electrons. The normalized spacial score (nSPS) is 10.5. The SMILES string of the molecule is CCCCCCCCCC(=O)N(CCCC(=O)O)OC. The molecule has 0 unspecified atom stereocenters. The molecule has 0 spiro atoms. The number of carboxylic acids is 1. The van der Waals surface area contributed by atoms with E-state index in [4.69, 9.17) is 9.94 Å². The van der Waals surface area contributed by atoms with Gasteiger partial charge in [0.1, 0.15) is 0 Å². The average molecular weight is 287 g/mol. The lowest BCUT2D eigenvalue weighted by Gasteiger charge is -2.19. The van der Waals surface area contributed by atoms with Gasteiger partial charge in [0.15, 0.2) is 0 Å². The summed E-state index contributed by atoms with van der Waals surface area (Å²) in [4.78, 5) is 27.2. The summed E-state index contributed by atoms with van der Waals surface area (Å²) < 4.78 is 0. The van der Waals surface area contributed by atoms with Crippen LogP contribution < -0.4 is 0 Å². The quantitative estimate of drug-likeness (QED) is 0.416. The number of aliphatic carboxylic acids is 1. The van der Waals surface area contributed by atoms with Gasteiger partial charge in [-0.15, -0.1) is 0 Å². The number of hydrogen-bond donors (Lipinski definition) is 1. The van der Waals surface area contributed by atoms with Crippen molar-refractivity contribution < 1.29 is 19.5 Å². The van der Waals surface area contributed by atoms with E-state index in [1.807, 2.05) is 0 Å². The first kappa shape index (κ1) is 18.9. The molecular weight excluding hydrogens is 258 g/mol. The Labute approximate surface area is 122 Å². The molecule has 0 aromatic rings. The number of hydrogen-bond acceptors (Lipinski definition) is 3. The van der Waals surface area contributed by atoms with Crippen molar-refractivity contribution in [3.05, 3.63) is 0 Å². The summed E-state index contributed by atoms with van der Waals surface area (Å²) >= 11 is 0. The lowest BCUT2D eigenvalue weighted by atomic mass is 10.1. The second kappa shape index (κ2) is 12.9. The molecule has 0 fully saturated rings. The molecule has 0 aromatic heterocycles. The minimum atomic E-state index is -0.847. The van der Waals surface area contributed by atoms with Gasteiger partial charge in [-0.3, -0.25) is 14.4 Å². The van der Waals surface area contributed by atoms with Gasteiger partial charge in [0, 0.05) is 19.4 Å². The molecule has 0 saturated heterocycles. The van der Waals surface area contributed by atoms with Gasteiger partial charge in [-0.1, -0.05) is 45.4 Å². The van der Waals surface area contributed by atoms with Gasteiger partial charge in [0.2, 0.25) is 5.91 Å². The fourth-order valence-electron chi connectivity index (χ4n) is 2.05. The molecule has 1 N–H and O–H groups in total. The molecule has 20 heavy (non-hydrogen) atoms. The molecule has 0 rings (SSSR count). The molecule has 0 aromatic carbocycles. The van der Waals surface area contributed by atoms with Gasteiger partial charge < -0.3 is 5.11 Å². The summed E-state index contributed by atoms with van der Waals surface area (Å²) in [5.41, 5.74) is 0. The number of carbonyl (C=O) groups excluding carboxylic acids is 1. The molecule has 5 heteroatoms. The second-order valence-corrected chi connectivity index (χ2v) is 5.05. The number of rotatable bonds is 13. The first-order chi connectivity index (χ1) is 9.61. The van der Waals surface area contributed by atoms with Gasteiger partial charge in [-0.05, 0) is 12.8 Å². The Morgan fingerprint density at radius 3 is 2.10 bits per heavy atom. The molecule has 0 aliphatic rings. The number of amides is 1. The summed E-state index contributed by atoms with van der Waals surface area (Å²) in [5.74, 6) is -0.896. The van der Waals surface area contributed by atoms with Crippen LogP contribution in [0, 0.1) is 0 Å². The van der Waals surface area contributed by atoms with Crippen molar-refractivity contribution in [1.82, 2.24) is 5.06 Å². The summed E-state index contributed by atoms with van der Waals surface area (Å²) in [7, 11) is 1.45. The van der Waals surface area contributed by atoms with Gasteiger partial charge in [-0.25, -0.2) is 5.06 Å². The van der Waals surface area contributed by atoms with E-state index in [0.29, 0.717) is 19.4 Å². The second-order valence-electron chi connectivity index (χ2n) is 5.05. The largest absolute Gasteiger partial charge is 0.481 e. The molecule has 118 valence electrons. The van der Waals surface area contributed by atoms with Crippen molar-refractivity contribution in [3.8, 4) is 0 Å². The maximum Gasteiger partial charge on any atom is 0.303 e. The number of hydroxylamine groups is 2. The Kier molecular flexibility index (Phi) is 12.2. The van der Waals surface area contributed by atoms with Crippen LogP contribution >= 0.6 is 0 Å². The van der Waals surface area contributed by atoms with Gasteiger partial charge in [0.25, 0.3) is 0 Å². The molecule has 0 aliphatic heterocycles. The van der Waals surface area contributed by atoms with Crippen LogP contribution in [-0.2, 0) is 14.4 Å². The number of carboxylic acid groups (broad SMARTS) is 1. The Balaban J connectivity index is 3.62. The molecule has 0 saturated carbocycles. The van der Waals surface area contributed by atoms with Gasteiger partial charge >= 0.3 is 5.97 Å². The molecule has 0 heterocycles. The van der Waals surface area contributed by atoms with Crippen molar-refractivity contribution in [2.24, 2.45) is 0 Å². The third-order valence-electron chi connectivity index (χ3n) is 3.24. The van der Waals surface area contributed by atoms with Crippen molar-refractivity contribution >= 4 is 11.9 Å². The first-order valence-electron chi connectivity index (χ1n) is 7.68. The number of unbranched alkanes of at least 4 members (excludes halogenated alkanes) is 6. The van der Waals surface area contributed by atoms with Crippen molar-refractivity contribution in [1.29, 1.82) is 0 Å². The maximum atomic E-state index is 11.8. The van der Waals surface area contributed by atoms with E-state index < -0.39 is 5.97 Å². The van der Waals surface area contributed by atoms with Crippen molar-refractivity contribution in [2.75, 3.05) is 13.7 Å². The fourth-order valence-corrected chi connectivity index (χ4v) is 2.05. The fraction of sp³-hybridized carbons (Fsp3) is 0.867. The van der Waals surface area contributed by atoms with E-state index in [-0.39, 0.29) is 12.3 Å². The molecule has 0 atom stereocenters. The van der Waals surface area contributed by atoms with E-state index >= 15 is 0 Å². The highest BCUT2D eigenvalue weighted by atomic mass is 16.7. The lowest BCUT2D eigenvalue weighted by Crippen LogP contribution is -2.31.